The predicted octanol–water partition coefficient (Wildman–Crippen LogP) is 0.964. The molecule has 0 aromatic carbocycles. The van der Waals surface area contributed by atoms with Crippen LogP contribution < -0.4 is 11.1 Å². The molecule has 0 fully saturated rings. The number of hydrogen-bond acceptors (Lipinski definition) is 4. The second kappa shape index (κ2) is 9.80. The van der Waals surface area contributed by atoms with Gasteiger partial charge in [-0.25, -0.2) is 0 Å². The molecule has 4 heteroatoms. The smallest absolute Gasteiger partial charge is 0.0945 e. The van der Waals surface area contributed by atoms with Gasteiger partial charge in [0, 0.05) is 25.0 Å². The number of rotatable bonds is 9. The van der Waals surface area contributed by atoms with E-state index >= 15 is 0 Å². The summed E-state index contributed by atoms with van der Waals surface area (Å²) in [6.45, 7) is 5.54. The van der Waals surface area contributed by atoms with E-state index in [-0.39, 0.29) is 0 Å². The molecule has 0 aliphatic carbocycles. The molecule has 0 heterocycles. The molecule has 4 N–H and O–H groups in total. The van der Waals surface area contributed by atoms with Crippen molar-refractivity contribution in [2.45, 2.75) is 39.2 Å². The Bertz CT molecular complexity index is 168. The zero-order chi connectivity index (χ0) is 11.5. The maximum atomic E-state index is 9.46. The van der Waals surface area contributed by atoms with Gasteiger partial charge in [-0.2, -0.15) is 0 Å². The summed E-state index contributed by atoms with van der Waals surface area (Å²) >= 11 is 0. The lowest BCUT2D eigenvalue weighted by Crippen LogP contribution is -2.28. The number of aliphatic hydroxyl groups excluding tert-OH is 1. The van der Waals surface area contributed by atoms with E-state index in [1.807, 2.05) is 0 Å². The predicted molar refractivity (Wildman–Crippen MR) is 62.3 cm³/mol. The number of unbranched alkanes of at least 4 members (excludes halogenated alkanes) is 2. The average Bonchev–Trinajstić information content (AvgIpc) is 2.17. The molecule has 1 unspecified atom stereocenters. The van der Waals surface area contributed by atoms with Crippen LogP contribution in [0.25, 0.3) is 0 Å². The van der Waals surface area contributed by atoms with Crippen molar-refractivity contribution >= 4 is 0 Å². The second-order valence-electron chi connectivity index (χ2n) is 3.73. The molecule has 0 spiro atoms. The minimum Gasteiger partial charge on any atom is -0.401 e. The molecule has 1 atom stereocenters. The summed E-state index contributed by atoms with van der Waals surface area (Å²) in [6, 6.07) is 0. The molecule has 0 saturated heterocycles. The number of nitrogens with one attached hydrogen (secondary N) is 1. The Morgan fingerprint density at radius 3 is 2.87 bits per heavy atom. The number of nitrogens with two attached hydrogens (primary N) is 1. The van der Waals surface area contributed by atoms with Gasteiger partial charge < -0.3 is 20.9 Å². The first kappa shape index (κ1) is 14.3. The highest BCUT2D eigenvalue weighted by Gasteiger charge is 2.01. The first-order chi connectivity index (χ1) is 7.16. The molecular formula is C11H24N2O2. The van der Waals surface area contributed by atoms with Crippen LogP contribution >= 0.6 is 0 Å². The fourth-order valence-corrected chi connectivity index (χ4v) is 1.09. The van der Waals surface area contributed by atoms with E-state index in [1.165, 1.54) is 12.8 Å². The van der Waals surface area contributed by atoms with Gasteiger partial charge in [0.15, 0.2) is 0 Å². The second-order valence-corrected chi connectivity index (χ2v) is 3.73. The van der Waals surface area contributed by atoms with Crippen molar-refractivity contribution in [3.05, 3.63) is 11.9 Å². The molecule has 4 nitrogen and oxygen atoms in total. The molecule has 0 aliphatic rings. The third-order valence-corrected chi connectivity index (χ3v) is 1.89. The van der Waals surface area contributed by atoms with Gasteiger partial charge in [-0.1, -0.05) is 19.8 Å². The molecule has 0 radical (unpaired) electrons. The fourth-order valence-electron chi connectivity index (χ4n) is 1.09. The van der Waals surface area contributed by atoms with E-state index in [2.05, 4.69) is 12.2 Å². The third-order valence-electron chi connectivity index (χ3n) is 1.89. The minimum atomic E-state index is -0.470. The summed E-state index contributed by atoms with van der Waals surface area (Å²) < 4.78 is 5.31. The van der Waals surface area contributed by atoms with Gasteiger partial charge in [-0.3, -0.25) is 0 Å². The monoisotopic (exact) mass is 216 g/mol. The van der Waals surface area contributed by atoms with Crippen molar-refractivity contribution in [2.75, 3.05) is 19.8 Å². The Morgan fingerprint density at radius 2 is 2.27 bits per heavy atom. The molecule has 15 heavy (non-hydrogen) atoms. The van der Waals surface area contributed by atoms with E-state index in [0.29, 0.717) is 18.8 Å². The molecule has 0 rings (SSSR count). The van der Waals surface area contributed by atoms with Gasteiger partial charge in [0.25, 0.3) is 0 Å². The lowest BCUT2D eigenvalue weighted by atomic mass is 10.3. The average molecular weight is 216 g/mol. The highest BCUT2D eigenvalue weighted by Crippen LogP contribution is 1.94. The van der Waals surface area contributed by atoms with Gasteiger partial charge in [0.1, 0.15) is 0 Å². The van der Waals surface area contributed by atoms with Gasteiger partial charge in [0.05, 0.1) is 12.7 Å². The van der Waals surface area contributed by atoms with Gasteiger partial charge in [-0.15, -0.1) is 0 Å². The van der Waals surface area contributed by atoms with Gasteiger partial charge >= 0.3 is 0 Å². The number of aliphatic hydroxyl groups is 1. The van der Waals surface area contributed by atoms with Crippen LogP contribution in [-0.4, -0.2) is 31.0 Å². The summed E-state index contributed by atoms with van der Waals surface area (Å²) in [7, 11) is 0. The van der Waals surface area contributed by atoms with Crippen LogP contribution in [0.4, 0.5) is 0 Å². The number of hydrogen-bond donors (Lipinski definition) is 3. The van der Waals surface area contributed by atoms with E-state index in [4.69, 9.17) is 10.5 Å². The summed E-state index contributed by atoms with van der Waals surface area (Å²) in [4.78, 5) is 0. The zero-order valence-electron chi connectivity index (χ0n) is 9.83. The Balaban J connectivity index is 3.26. The minimum absolute atomic E-state index is 0.383. The first-order valence-corrected chi connectivity index (χ1v) is 5.58. The molecule has 90 valence electrons. The Hall–Kier alpha value is -0.740. The van der Waals surface area contributed by atoms with Crippen LogP contribution in [-0.2, 0) is 4.74 Å². The van der Waals surface area contributed by atoms with Crippen LogP contribution in [0.1, 0.15) is 33.1 Å². The van der Waals surface area contributed by atoms with E-state index in [1.54, 1.807) is 13.1 Å². The normalized spacial score (nSPS) is 13.9. The van der Waals surface area contributed by atoms with Crippen molar-refractivity contribution in [1.29, 1.82) is 0 Å². The van der Waals surface area contributed by atoms with Crippen molar-refractivity contribution < 1.29 is 9.84 Å². The molecule has 0 saturated carbocycles. The van der Waals surface area contributed by atoms with E-state index < -0.39 is 6.10 Å². The van der Waals surface area contributed by atoms with Gasteiger partial charge in [-0.05, 0) is 13.3 Å². The molecule has 0 bridgehead atoms. The Labute approximate surface area is 92.5 Å². The zero-order valence-corrected chi connectivity index (χ0v) is 9.83. The van der Waals surface area contributed by atoms with Crippen LogP contribution in [0.5, 0.6) is 0 Å². The van der Waals surface area contributed by atoms with Crippen molar-refractivity contribution in [2.24, 2.45) is 5.73 Å². The summed E-state index contributed by atoms with van der Waals surface area (Å²) in [5.74, 6) is 0. The lowest BCUT2D eigenvalue weighted by molar-refractivity contribution is 0.0371. The number of ether oxygens (including phenoxy) is 1. The van der Waals surface area contributed by atoms with Crippen LogP contribution in [0, 0.1) is 0 Å². The van der Waals surface area contributed by atoms with Crippen molar-refractivity contribution in [3.8, 4) is 0 Å². The summed E-state index contributed by atoms with van der Waals surface area (Å²) in [5.41, 5.74) is 6.12. The summed E-state index contributed by atoms with van der Waals surface area (Å²) in [6.07, 6.45) is 4.65. The quantitative estimate of drug-likeness (QED) is 0.502. The summed E-state index contributed by atoms with van der Waals surface area (Å²) in [5, 5.41) is 12.4. The lowest BCUT2D eigenvalue weighted by Gasteiger charge is -2.11. The Kier molecular flexibility index (Phi) is 9.32. The van der Waals surface area contributed by atoms with E-state index in [9.17, 15) is 5.11 Å². The Morgan fingerprint density at radius 1 is 1.53 bits per heavy atom. The maximum absolute atomic E-state index is 9.46. The van der Waals surface area contributed by atoms with Crippen molar-refractivity contribution in [3.63, 3.8) is 0 Å². The van der Waals surface area contributed by atoms with Gasteiger partial charge in [0.2, 0.25) is 0 Å². The molecular weight excluding hydrogens is 192 g/mol. The first-order valence-electron chi connectivity index (χ1n) is 5.58. The van der Waals surface area contributed by atoms with Crippen LogP contribution in [0.2, 0.25) is 0 Å². The van der Waals surface area contributed by atoms with Crippen molar-refractivity contribution in [1.82, 2.24) is 5.32 Å². The third kappa shape index (κ3) is 11.2. The molecule has 0 aromatic rings. The fraction of sp³-hybridized carbons (Fsp3) is 0.818. The largest absolute Gasteiger partial charge is 0.401 e. The molecule has 0 aliphatic heterocycles. The number of allylic oxidation sites excluding steroid dienone is 1. The maximum Gasteiger partial charge on any atom is 0.0945 e. The highest BCUT2D eigenvalue weighted by molar-refractivity contribution is 4.89. The highest BCUT2D eigenvalue weighted by atomic mass is 16.5. The molecule has 0 aromatic heterocycles. The molecule has 0 amide bonds. The van der Waals surface area contributed by atoms with E-state index in [0.717, 1.165) is 13.0 Å². The standard InChI is InChI=1S/C11H24N2O2/c1-3-4-5-6-15-9-11(14)8-13-7-10(2)12/h7,11,13-14H,3-6,8-9,12H2,1-2H3. The topological polar surface area (TPSA) is 67.5 Å². The SMILES string of the molecule is CCCCCOCC(O)CNC=C(C)N. The van der Waals surface area contributed by atoms with Crippen LogP contribution in [0.15, 0.2) is 11.9 Å². The van der Waals surface area contributed by atoms with Crippen LogP contribution in [0.3, 0.4) is 0 Å².